The lowest BCUT2D eigenvalue weighted by atomic mass is 10.1. The largest absolute Gasteiger partial charge is 0.449 e. The summed E-state index contributed by atoms with van der Waals surface area (Å²) in [5.41, 5.74) is 2.63. The molecule has 2 N–H and O–H groups in total. The van der Waals surface area contributed by atoms with Gasteiger partial charge in [-0.25, -0.2) is 4.79 Å². The summed E-state index contributed by atoms with van der Waals surface area (Å²) >= 11 is 1.30. The van der Waals surface area contributed by atoms with E-state index in [2.05, 4.69) is 10.6 Å². The van der Waals surface area contributed by atoms with Crippen LogP contribution in [0.15, 0.2) is 24.3 Å². The first-order valence-electron chi connectivity index (χ1n) is 8.77. The Morgan fingerprint density at radius 3 is 2.21 bits per heavy atom. The van der Waals surface area contributed by atoms with Gasteiger partial charge in [0.05, 0.1) is 5.56 Å². The summed E-state index contributed by atoms with van der Waals surface area (Å²) in [6, 6.07) is 7.32. The Bertz CT molecular complexity index is 888. The van der Waals surface area contributed by atoms with E-state index in [1.165, 1.54) is 25.2 Å². The number of carbonyl (C=O) groups is 3. The highest BCUT2D eigenvalue weighted by atomic mass is 32.1. The number of nitrogens with one attached hydrogen (secondary N) is 2. The minimum Gasteiger partial charge on any atom is -0.449 e. The van der Waals surface area contributed by atoms with E-state index in [9.17, 15) is 14.4 Å². The van der Waals surface area contributed by atoms with Gasteiger partial charge in [0.25, 0.3) is 5.91 Å². The van der Waals surface area contributed by atoms with E-state index in [1.807, 2.05) is 38.1 Å². The van der Waals surface area contributed by atoms with E-state index in [0.29, 0.717) is 10.7 Å². The maximum absolute atomic E-state index is 12.6. The number of aryl methyl sites for hydroxylation is 1. The van der Waals surface area contributed by atoms with Gasteiger partial charge in [-0.2, -0.15) is 0 Å². The fraction of sp³-hybridized carbons (Fsp3) is 0.350. The predicted molar refractivity (Wildman–Crippen MR) is 112 cm³/mol. The van der Waals surface area contributed by atoms with Crippen LogP contribution in [-0.2, 0) is 14.3 Å². The van der Waals surface area contributed by atoms with Crippen LogP contribution in [0.25, 0.3) is 0 Å². The number of thiophene rings is 1. The van der Waals surface area contributed by atoms with Gasteiger partial charge in [-0.3, -0.25) is 9.59 Å². The van der Waals surface area contributed by atoms with Crippen molar-refractivity contribution >= 4 is 45.5 Å². The van der Waals surface area contributed by atoms with Gasteiger partial charge < -0.3 is 20.3 Å². The highest BCUT2D eigenvalue weighted by molar-refractivity contribution is 7.16. The molecule has 2 rings (SSSR count). The molecular formula is C20H25N3O4S. The molecule has 1 heterocycles. The van der Waals surface area contributed by atoms with Crippen molar-refractivity contribution in [3.8, 4) is 0 Å². The summed E-state index contributed by atoms with van der Waals surface area (Å²) < 4.78 is 5.34. The van der Waals surface area contributed by atoms with E-state index >= 15 is 0 Å². The van der Waals surface area contributed by atoms with Gasteiger partial charge in [-0.05, 0) is 50.6 Å². The normalized spacial score (nSPS) is 11.5. The standard InChI is InChI=1S/C20H25N3O4S/c1-11-13(3)28-19(21-14(4)24)17(11)20(26)27-12(2)18(25)22-15-7-9-16(10-8-15)23(5)6/h7-10,12H,1-6H3,(H,21,24)(H,22,25)/t12-/m1/s1. The molecule has 1 atom stereocenters. The number of anilines is 3. The van der Waals surface area contributed by atoms with Gasteiger partial charge in [0, 0.05) is 37.3 Å². The molecule has 2 aromatic rings. The van der Waals surface area contributed by atoms with Gasteiger partial charge >= 0.3 is 5.97 Å². The molecule has 0 aliphatic carbocycles. The van der Waals surface area contributed by atoms with Gasteiger partial charge in [0.15, 0.2) is 6.10 Å². The molecule has 0 saturated carbocycles. The second-order valence-corrected chi connectivity index (χ2v) is 7.87. The monoisotopic (exact) mass is 403 g/mol. The fourth-order valence-electron chi connectivity index (χ4n) is 2.48. The molecule has 7 nitrogen and oxygen atoms in total. The zero-order valence-corrected chi connectivity index (χ0v) is 17.7. The highest BCUT2D eigenvalue weighted by Crippen LogP contribution is 2.33. The number of nitrogens with zero attached hydrogens (tertiary/aromatic N) is 1. The summed E-state index contributed by atoms with van der Waals surface area (Å²) in [5.74, 6) is -1.35. The Morgan fingerprint density at radius 2 is 1.68 bits per heavy atom. The maximum atomic E-state index is 12.6. The molecule has 0 saturated heterocycles. The minimum absolute atomic E-state index is 0.276. The molecule has 150 valence electrons. The molecule has 0 radical (unpaired) electrons. The van der Waals surface area contributed by atoms with Gasteiger partial charge in [-0.15, -0.1) is 11.3 Å². The van der Waals surface area contributed by atoms with Gasteiger partial charge in [0.2, 0.25) is 5.91 Å². The molecule has 0 unspecified atom stereocenters. The van der Waals surface area contributed by atoms with Crippen LogP contribution in [0.2, 0.25) is 0 Å². The smallest absolute Gasteiger partial charge is 0.342 e. The van der Waals surface area contributed by atoms with Crippen molar-refractivity contribution < 1.29 is 19.1 Å². The molecule has 1 aromatic heterocycles. The topological polar surface area (TPSA) is 87.7 Å². The average molecular weight is 404 g/mol. The third-order valence-electron chi connectivity index (χ3n) is 4.18. The lowest BCUT2D eigenvalue weighted by molar-refractivity contribution is -0.123. The highest BCUT2D eigenvalue weighted by Gasteiger charge is 2.25. The number of benzene rings is 1. The van der Waals surface area contributed by atoms with Crippen LogP contribution >= 0.6 is 11.3 Å². The number of amides is 2. The molecule has 0 spiro atoms. The van der Waals surface area contributed by atoms with Crippen molar-refractivity contribution in [2.24, 2.45) is 0 Å². The van der Waals surface area contributed by atoms with E-state index in [0.717, 1.165) is 16.1 Å². The second-order valence-electron chi connectivity index (χ2n) is 6.65. The van der Waals surface area contributed by atoms with Crippen molar-refractivity contribution in [1.82, 2.24) is 0 Å². The molecule has 8 heteroatoms. The van der Waals surface area contributed by atoms with Crippen LogP contribution in [-0.4, -0.2) is 38.0 Å². The summed E-state index contributed by atoms with van der Waals surface area (Å²) in [7, 11) is 3.86. The number of carbonyl (C=O) groups excluding carboxylic acids is 3. The SMILES string of the molecule is CC(=O)Nc1sc(C)c(C)c1C(=O)O[C@H](C)C(=O)Nc1ccc(N(C)C)cc1. The van der Waals surface area contributed by atoms with Gasteiger partial charge in [0.1, 0.15) is 5.00 Å². The first-order valence-corrected chi connectivity index (χ1v) is 9.58. The van der Waals surface area contributed by atoms with Crippen LogP contribution in [0.5, 0.6) is 0 Å². The zero-order valence-electron chi connectivity index (χ0n) is 16.9. The third-order valence-corrected chi connectivity index (χ3v) is 5.31. The first-order chi connectivity index (χ1) is 13.1. The molecular weight excluding hydrogens is 378 g/mol. The number of esters is 1. The van der Waals surface area contributed by atoms with Crippen molar-refractivity contribution in [3.05, 3.63) is 40.3 Å². The summed E-state index contributed by atoms with van der Waals surface area (Å²) in [6.45, 7) is 6.52. The van der Waals surface area contributed by atoms with Crippen LogP contribution in [0.1, 0.15) is 34.6 Å². The molecule has 0 aliphatic rings. The first kappa shape index (κ1) is 21.4. The van der Waals surface area contributed by atoms with E-state index < -0.39 is 18.0 Å². The number of hydrogen-bond donors (Lipinski definition) is 2. The predicted octanol–water partition coefficient (Wildman–Crippen LogP) is 3.57. The summed E-state index contributed by atoms with van der Waals surface area (Å²) in [5, 5.41) is 5.81. The molecule has 0 bridgehead atoms. The second kappa shape index (κ2) is 8.88. The number of hydrogen-bond acceptors (Lipinski definition) is 6. The Labute approximate surface area is 168 Å². The zero-order chi connectivity index (χ0) is 21.0. The molecule has 28 heavy (non-hydrogen) atoms. The van der Waals surface area contributed by atoms with Crippen molar-refractivity contribution in [3.63, 3.8) is 0 Å². The Hall–Kier alpha value is -2.87. The van der Waals surface area contributed by atoms with Crippen LogP contribution in [0, 0.1) is 13.8 Å². The van der Waals surface area contributed by atoms with Crippen LogP contribution in [0.4, 0.5) is 16.4 Å². The van der Waals surface area contributed by atoms with E-state index in [-0.39, 0.29) is 11.5 Å². The fourth-order valence-corrected chi connectivity index (χ4v) is 3.58. The summed E-state index contributed by atoms with van der Waals surface area (Å²) in [6.07, 6.45) is -0.995. The minimum atomic E-state index is -0.995. The quantitative estimate of drug-likeness (QED) is 0.720. The molecule has 0 fully saturated rings. The van der Waals surface area contributed by atoms with Gasteiger partial charge in [-0.1, -0.05) is 0 Å². The van der Waals surface area contributed by atoms with Crippen LogP contribution < -0.4 is 15.5 Å². The molecule has 2 amide bonds. The Morgan fingerprint density at radius 1 is 1.07 bits per heavy atom. The van der Waals surface area contributed by atoms with Crippen molar-refractivity contribution in [2.45, 2.75) is 33.8 Å². The maximum Gasteiger partial charge on any atom is 0.342 e. The summed E-state index contributed by atoms with van der Waals surface area (Å²) in [4.78, 5) is 39.2. The molecule has 0 aliphatic heterocycles. The molecule has 1 aromatic carbocycles. The van der Waals surface area contributed by atoms with E-state index in [4.69, 9.17) is 4.74 Å². The van der Waals surface area contributed by atoms with Crippen molar-refractivity contribution in [2.75, 3.05) is 29.6 Å². The lowest BCUT2D eigenvalue weighted by Gasteiger charge is -2.16. The average Bonchev–Trinajstić information content (AvgIpc) is 2.88. The number of ether oxygens (including phenoxy) is 1. The Balaban J connectivity index is 2.07. The van der Waals surface area contributed by atoms with E-state index in [1.54, 1.807) is 19.1 Å². The third kappa shape index (κ3) is 5.10. The number of rotatable bonds is 6. The lowest BCUT2D eigenvalue weighted by Crippen LogP contribution is -2.30. The van der Waals surface area contributed by atoms with Crippen molar-refractivity contribution in [1.29, 1.82) is 0 Å². The Kier molecular flexibility index (Phi) is 6.80. The van der Waals surface area contributed by atoms with Crippen LogP contribution in [0.3, 0.4) is 0 Å².